The minimum Gasteiger partial charge on any atom is -0.339 e. The molecule has 0 bridgehead atoms. The van der Waals surface area contributed by atoms with Gasteiger partial charge in [0.25, 0.3) is 5.91 Å². The molecule has 25 heavy (non-hydrogen) atoms. The molecule has 0 unspecified atom stereocenters. The number of aryl methyl sites for hydroxylation is 1. The van der Waals surface area contributed by atoms with Crippen LogP contribution in [0.3, 0.4) is 0 Å². The summed E-state index contributed by atoms with van der Waals surface area (Å²) in [6.45, 7) is 4.62. The summed E-state index contributed by atoms with van der Waals surface area (Å²) >= 11 is 0. The zero-order valence-electron chi connectivity index (χ0n) is 14.3. The highest BCUT2D eigenvalue weighted by Crippen LogP contribution is 2.35. The number of hydrogen-bond donors (Lipinski definition) is 0. The minimum absolute atomic E-state index is 0.0991. The molecule has 1 aliphatic rings. The van der Waals surface area contributed by atoms with Gasteiger partial charge in [0, 0.05) is 18.7 Å². The predicted molar refractivity (Wildman–Crippen MR) is 89.0 cm³/mol. The lowest BCUT2D eigenvalue weighted by Gasteiger charge is -2.20. The molecule has 1 fully saturated rings. The van der Waals surface area contributed by atoms with E-state index in [1.165, 1.54) is 11.1 Å². The molecule has 8 heteroatoms. The minimum atomic E-state index is -0.0991. The largest absolute Gasteiger partial charge is 0.339 e. The predicted octanol–water partition coefficient (Wildman–Crippen LogP) is 2.35. The van der Waals surface area contributed by atoms with Crippen LogP contribution in [0, 0.1) is 6.92 Å². The lowest BCUT2D eigenvalue weighted by atomic mass is 9.85. The van der Waals surface area contributed by atoms with Gasteiger partial charge >= 0.3 is 0 Å². The van der Waals surface area contributed by atoms with Gasteiger partial charge in [0.2, 0.25) is 5.89 Å². The molecule has 3 aromatic heterocycles. The summed E-state index contributed by atoms with van der Waals surface area (Å²) in [5, 5.41) is 12.5. The molecule has 0 radical (unpaired) electrons. The van der Waals surface area contributed by atoms with Crippen molar-refractivity contribution in [3.63, 3.8) is 0 Å². The molecule has 4 rings (SSSR count). The number of fused-ring (bicyclic) bond motifs is 1. The number of hydrogen-bond acceptors (Lipinski definition) is 6. The van der Waals surface area contributed by atoms with E-state index in [-0.39, 0.29) is 5.91 Å². The Kier molecular flexibility index (Phi) is 3.95. The lowest BCUT2D eigenvalue weighted by molar-refractivity contribution is 0.0748. The van der Waals surface area contributed by atoms with Crippen molar-refractivity contribution in [3.8, 4) is 0 Å². The van der Waals surface area contributed by atoms with Crippen molar-refractivity contribution < 1.29 is 9.32 Å². The maximum atomic E-state index is 13.0. The van der Waals surface area contributed by atoms with Gasteiger partial charge in [-0.3, -0.25) is 4.79 Å². The highest BCUT2D eigenvalue weighted by atomic mass is 16.5. The molecule has 0 aliphatic heterocycles. The van der Waals surface area contributed by atoms with Crippen LogP contribution in [0.15, 0.2) is 22.9 Å². The topological polar surface area (TPSA) is 89.4 Å². The van der Waals surface area contributed by atoms with Crippen LogP contribution in [-0.4, -0.2) is 42.3 Å². The first-order chi connectivity index (χ1) is 12.2. The molecule has 8 nitrogen and oxygen atoms in total. The van der Waals surface area contributed by atoms with Crippen LogP contribution >= 0.6 is 0 Å². The third kappa shape index (κ3) is 2.77. The van der Waals surface area contributed by atoms with Crippen LogP contribution in [0.25, 0.3) is 5.52 Å². The van der Waals surface area contributed by atoms with Crippen molar-refractivity contribution in [1.82, 2.24) is 29.9 Å². The standard InChI is InChI=1S/C17H20N6O2/c1-3-22(10-14-19-16(25-21-14)12-6-4-7-12)17(24)15-11(2)20-23-13(15)8-5-9-18-23/h5,8-9,12H,3-4,6-7,10H2,1-2H3. The Morgan fingerprint density at radius 3 is 3.00 bits per heavy atom. The zero-order valence-corrected chi connectivity index (χ0v) is 14.3. The Hall–Kier alpha value is -2.77. The molecular weight excluding hydrogens is 320 g/mol. The van der Waals surface area contributed by atoms with Crippen LogP contribution in [0.4, 0.5) is 0 Å². The summed E-state index contributed by atoms with van der Waals surface area (Å²) in [6, 6.07) is 3.64. The normalized spacial score (nSPS) is 14.6. The molecular formula is C17H20N6O2. The van der Waals surface area contributed by atoms with Gasteiger partial charge < -0.3 is 9.42 Å². The fourth-order valence-electron chi connectivity index (χ4n) is 3.08. The third-order valence-corrected chi connectivity index (χ3v) is 4.75. The Morgan fingerprint density at radius 1 is 1.44 bits per heavy atom. The molecule has 1 saturated carbocycles. The van der Waals surface area contributed by atoms with Crippen molar-refractivity contribution in [3.05, 3.63) is 41.3 Å². The zero-order chi connectivity index (χ0) is 17.4. The fourth-order valence-corrected chi connectivity index (χ4v) is 3.08. The second-order valence-electron chi connectivity index (χ2n) is 6.35. The maximum Gasteiger partial charge on any atom is 0.258 e. The summed E-state index contributed by atoms with van der Waals surface area (Å²) in [5.41, 5.74) is 1.93. The Morgan fingerprint density at radius 2 is 2.28 bits per heavy atom. The quantitative estimate of drug-likeness (QED) is 0.708. The van der Waals surface area contributed by atoms with Gasteiger partial charge in [-0.1, -0.05) is 11.6 Å². The van der Waals surface area contributed by atoms with E-state index < -0.39 is 0 Å². The second kappa shape index (κ2) is 6.27. The van der Waals surface area contributed by atoms with Gasteiger partial charge in [-0.15, -0.1) is 0 Å². The number of carbonyl (C=O) groups is 1. The van der Waals surface area contributed by atoms with Crippen molar-refractivity contribution in [2.75, 3.05) is 6.54 Å². The molecule has 0 atom stereocenters. The summed E-state index contributed by atoms with van der Waals surface area (Å²) in [6.07, 6.45) is 5.07. The number of rotatable bonds is 5. The van der Waals surface area contributed by atoms with E-state index in [0.29, 0.717) is 47.5 Å². The monoisotopic (exact) mass is 340 g/mol. The van der Waals surface area contributed by atoms with Crippen LogP contribution in [0.1, 0.15) is 59.9 Å². The maximum absolute atomic E-state index is 13.0. The summed E-state index contributed by atoms with van der Waals surface area (Å²) in [5.74, 6) is 1.53. The Bertz CT molecular complexity index is 911. The average Bonchev–Trinajstić information content (AvgIpc) is 3.13. The van der Waals surface area contributed by atoms with Crippen LogP contribution < -0.4 is 0 Å². The van der Waals surface area contributed by atoms with Gasteiger partial charge in [-0.25, -0.2) is 0 Å². The van der Waals surface area contributed by atoms with Crippen molar-refractivity contribution in [2.24, 2.45) is 0 Å². The SMILES string of the molecule is CCN(Cc1noc(C2CCC2)n1)C(=O)c1c(C)nn2ncccc12. The molecule has 3 heterocycles. The highest BCUT2D eigenvalue weighted by Gasteiger charge is 2.27. The molecule has 0 spiro atoms. The van der Waals surface area contributed by atoms with Gasteiger partial charge in [0.1, 0.15) is 5.52 Å². The van der Waals surface area contributed by atoms with Crippen molar-refractivity contribution in [1.29, 1.82) is 0 Å². The van der Waals surface area contributed by atoms with E-state index in [1.807, 2.05) is 19.9 Å². The first-order valence-electron chi connectivity index (χ1n) is 8.59. The number of carbonyl (C=O) groups excluding carboxylic acids is 1. The van der Waals surface area contributed by atoms with E-state index >= 15 is 0 Å². The first kappa shape index (κ1) is 15.7. The molecule has 1 aliphatic carbocycles. The highest BCUT2D eigenvalue weighted by molar-refractivity contribution is 6.01. The van der Waals surface area contributed by atoms with Crippen LogP contribution in [-0.2, 0) is 6.54 Å². The number of nitrogens with zero attached hydrogens (tertiary/aromatic N) is 6. The molecule has 0 N–H and O–H groups in total. The van der Waals surface area contributed by atoms with Gasteiger partial charge in [-0.05, 0) is 38.8 Å². The van der Waals surface area contributed by atoms with E-state index in [0.717, 1.165) is 12.8 Å². The summed E-state index contributed by atoms with van der Waals surface area (Å²) < 4.78 is 6.84. The third-order valence-electron chi connectivity index (χ3n) is 4.75. The van der Waals surface area contributed by atoms with E-state index in [1.54, 1.807) is 17.2 Å². The average molecular weight is 340 g/mol. The van der Waals surface area contributed by atoms with Gasteiger partial charge in [0.05, 0.1) is 17.8 Å². The van der Waals surface area contributed by atoms with Gasteiger partial charge in [-0.2, -0.15) is 19.8 Å². The van der Waals surface area contributed by atoms with Crippen molar-refractivity contribution in [2.45, 2.75) is 45.6 Å². The molecule has 0 aromatic carbocycles. The van der Waals surface area contributed by atoms with E-state index in [2.05, 4.69) is 20.3 Å². The number of aromatic nitrogens is 5. The van der Waals surface area contributed by atoms with E-state index in [4.69, 9.17) is 4.52 Å². The smallest absolute Gasteiger partial charge is 0.258 e. The van der Waals surface area contributed by atoms with Crippen LogP contribution in [0.2, 0.25) is 0 Å². The molecule has 1 amide bonds. The Labute approximate surface area is 144 Å². The first-order valence-corrected chi connectivity index (χ1v) is 8.59. The Balaban J connectivity index is 1.58. The molecule has 130 valence electrons. The fraction of sp³-hybridized carbons (Fsp3) is 0.471. The molecule has 0 saturated heterocycles. The number of amides is 1. The van der Waals surface area contributed by atoms with Crippen molar-refractivity contribution >= 4 is 11.4 Å². The van der Waals surface area contributed by atoms with Gasteiger partial charge in [0.15, 0.2) is 5.82 Å². The summed E-state index contributed by atoms with van der Waals surface area (Å²) in [4.78, 5) is 19.2. The summed E-state index contributed by atoms with van der Waals surface area (Å²) in [7, 11) is 0. The van der Waals surface area contributed by atoms with E-state index in [9.17, 15) is 4.79 Å². The second-order valence-corrected chi connectivity index (χ2v) is 6.35. The van der Waals surface area contributed by atoms with Crippen LogP contribution in [0.5, 0.6) is 0 Å². The molecule has 3 aromatic rings. The lowest BCUT2D eigenvalue weighted by Crippen LogP contribution is -2.31.